The van der Waals surface area contributed by atoms with Crippen LogP contribution in [0.5, 0.6) is 0 Å². The third-order valence-electron chi connectivity index (χ3n) is 2.60. The van der Waals surface area contributed by atoms with E-state index < -0.39 is 29.0 Å². The van der Waals surface area contributed by atoms with Crippen LogP contribution in [-0.4, -0.2) is 24.5 Å². The molecule has 0 heterocycles. The maximum absolute atomic E-state index is 13.4. The molecule has 0 aliphatic rings. The van der Waals surface area contributed by atoms with Gasteiger partial charge < -0.3 is 5.32 Å². The Balaban J connectivity index is 2.82. The average molecular weight is 309 g/mol. The molecule has 112 valence electrons. The molecule has 1 atom stereocenters. The van der Waals surface area contributed by atoms with Crippen molar-refractivity contribution in [3.8, 4) is 0 Å². The Bertz CT molecular complexity index is 476. The van der Waals surface area contributed by atoms with Gasteiger partial charge in [0, 0.05) is 6.54 Å². The first kappa shape index (κ1) is 16.8. The van der Waals surface area contributed by atoms with Crippen molar-refractivity contribution in [3.63, 3.8) is 0 Å². The van der Waals surface area contributed by atoms with Gasteiger partial charge in [-0.25, -0.2) is 4.39 Å². The Labute approximate surface area is 118 Å². The van der Waals surface area contributed by atoms with Crippen LogP contribution in [0.1, 0.15) is 22.8 Å². The average Bonchev–Trinajstić information content (AvgIpc) is 2.35. The highest BCUT2D eigenvalue weighted by atomic mass is 32.2. The van der Waals surface area contributed by atoms with Crippen LogP contribution < -0.4 is 5.32 Å². The summed E-state index contributed by atoms with van der Waals surface area (Å²) in [6.07, 6.45) is -2.69. The summed E-state index contributed by atoms with van der Waals surface area (Å²) >= 11 is 1.59. The summed E-state index contributed by atoms with van der Waals surface area (Å²) in [7, 11) is 0. The standard InChI is InChI=1S/C13H15F4NOS/c1-8(7-20-2)6-18-12(19)10-5-9(13(15,16)17)3-4-11(10)14/h3-5,8H,6-7H2,1-2H3,(H,18,19). The van der Waals surface area contributed by atoms with E-state index >= 15 is 0 Å². The molecule has 20 heavy (non-hydrogen) atoms. The second-order valence-corrected chi connectivity index (χ2v) is 5.37. The molecule has 7 heteroatoms. The quantitative estimate of drug-likeness (QED) is 0.843. The van der Waals surface area contributed by atoms with Crippen LogP contribution >= 0.6 is 11.8 Å². The number of carbonyl (C=O) groups excluding carboxylic acids is 1. The van der Waals surface area contributed by atoms with E-state index in [1.807, 2.05) is 13.2 Å². The van der Waals surface area contributed by atoms with Gasteiger partial charge in [-0.05, 0) is 36.1 Å². The highest BCUT2D eigenvalue weighted by Crippen LogP contribution is 2.30. The van der Waals surface area contributed by atoms with E-state index in [-0.39, 0.29) is 12.5 Å². The lowest BCUT2D eigenvalue weighted by molar-refractivity contribution is -0.137. The molecule has 0 fully saturated rings. The van der Waals surface area contributed by atoms with Crippen molar-refractivity contribution < 1.29 is 22.4 Å². The molecule has 2 nitrogen and oxygen atoms in total. The van der Waals surface area contributed by atoms with Gasteiger partial charge in [0.15, 0.2) is 0 Å². The maximum Gasteiger partial charge on any atom is 0.416 e. The summed E-state index contributed by atoms with van der Waals surface area (Å²) in [4.78, 5) is 11.7. The van der Waals surface area contributed by atoms with Gasteiger partial charge in [-0.3, -0.25) is 4.79 Å². The van der Waals surface area contributed by atoms with Gasteiger partial charge in [-0.15, -0.1) is 0 Å². The highest BCUT2D eigenvalue weighted by molar-refractivity contribution is 7.98. The zero-order chi connectivity index (χ0) is 15.3. The van der Waals surface area contributed by atoms with Crippen molar-refractivity contribution in [1.82, 2.24) is 5.32 Å². The second kappa shape index (κ2) is 6.97. The lowest BCUT2D eigenvalue weighted by Crippen LogP contribution is -2.30. The topological polar surface area (TPSA) is 29.1 Å². The van der Waals surface area contributed by atoms with E-state index in [0.29, 0.717) is 18.2 Å². The predicted molar refractivity (Wildman–Crippen MR) is 71.3 cm³/mol. The fourth-order valence-corrected chi connectivity index (χ4v) is 2.27. The summed E-state index contributed by atoms with van der Waals surface area (Å²) in [6, 6.07) is 1.80. The number of hydrogen-bond donors (Lipinski definition) is 1. The SMILES string of the molecule is CSCC(C)CNC(=O)c1cc(C(F)(F)F)ccc1F. The van der Waals surface area contributed by atoms with E-state index in [2.05, 4.69) is 5.32 Å². The summed E-state index contributed by atoms with van der Waals surface area (Å²) < 4.78 is 51.0. The van der Waals surface area contributed by atoms with Crippen LogP contribution in [0.2, 0.25) is 0 Å². The molecule has 1 N–H and O–H groups in total. The number of halogens is 4. The Morgan fingerprint density at radius 3 is 2.60 bits per heavy atom. The molecule has 0 spiro atoms. The van der Waals surface area contributed by atoms with E-state index in [1.54, 1.807) is 11.8 Å². The first-order valence-corrected chi connectivity index (χ1v) is 7.29. The van der Waals surface area contributed by atoms with Crippen molar-refractivity contribution in [1.29, 1.82) is 0 Å². The molecule has 1 aromatic rings. The van der Waals surface area contributed by atoms with Crippen molar-refractivity contribution in [2.45, 2.75) is 13.1 Å². The van der Waals surface area contributed by atoms with Crippen LogP contribution in [0.15, 0.2) is 18.2 Å². The number of amides is 1. The number of nitrogens with one attached hydrogen (secondary N) is 1. The van der Waals surface area contributed by atoms with Crippen LogP contribution in [0.25, 0.3) is 0 Å². The third kappa shape index (κ3) is 4.70. The molecule has 0 saturated carbocycles. The monoisotopic (exact) mass is 309 g/mol. The van der Waals surface area contributed by atoms with Crippen molar-refractivity contribution in [2.75, 3.05) is 18.6 Å². The minimum atomic E-state index is -4.60. The second-order valence-electron chi connectivity index (χ2n) is 4.46. The smallest absolute Gasteiger partial charge is 0.352 e. The summed E-state index contributed by atoms with van der Waals surface area (Å²) in [5.74, 6) is -0.844. The zero-order valence-corrected chi connectivity index (χ0v) is 11.9. The highest BCUT2D eigenvalue weighted by Gasteiger charge is 2.31. The fourth-order valence-electron chi connectivity index (χ4n) is 1.58. The minimum absolute atomic E-state index is 0.155. The molecule has 0 aromatic heterocycles. The van der Waals surface area contributed by atoms with Crippen molar-refractivity contribution in [2.24, 2.45) is 5.92 Å². The minimum Gasteiger partial charge on any atom is -0.352 e. The molecule has 0 aliphatic heterocycles. The number of rotatable bonds is 5. The first-order valence-electron chi connectivity index (χ1n) is 5.89. The molecule has 1 amide bonds. The van der Waals surface area contributed by atoms with Gasteiger partial charge in [0.1, 0.15) is 5.82 Å². The molecule has 1 unspecified atom stereocenters. The lowest BCUT2D eigenvalue weighted by Gasteiger charge is -2.13. The van der Waals surface area contributed by atoms with Crippen LogP contribution in [-0.2, 0) is 6.18 Å². The van der Waals surface area contributed by atoms with Gasteiger partial charge in [-0.2, -0.15) is 24.9 Å². The molecule has 0 saturated heterocycles. The van der Waals surface area contributed by atoms with Crippen LogP contribution in [0, 0.1) is 11.7 Å². The largest absolute Gasteiger partial charge is 0.416 e. The van der Waals surface area contributed by atoms with Crippen LogP contribution in [0.3, 0.4) is 0 Å². The first-order chi connectivity index (χ1) is 9.25. The Hall–Kier alpha value is -1.24. The van der Waals surface area contributed by atoms with Gasteiger partial charge in [0.25, 0.3) is 5.91 Å². The molecule has 0 radical (unpaired) electrons. The Kier molecular flexibility index (Phi) is 5.86. The van der Waals surface area contributed by atoms with Crippen molar-refractivity contribution in [3.05, 3.63) is 35.1 Å². The normalized spacial score (nSPS) is 13.1. The molecule has 0 aliphatic carbocycles. The van der Waals surface area contributed by atoms with E-state index in [0.717, 1.165) is 5.75 Å². The van der Waals surface area contributed by atoms with Crippen LogP contribution in [0.4, 0.5) is 17.6 Å². The number of hydrogen-bond acceptors (Lipinski definition) is 2. The molecular weight excluding hydrogens is 294 g/mol. The predicted octanol–water partition coefficient (Wildman–Crippen LogP) is 3.57. The summed E-state index contributed by atoms with van der Waals surface area (Å²) in [5, 5.41) is 2.44. The third-order valence-corrected chi connectivity index (χ3v) is 3.50. The zero-order valence-electron chi connectivity index (χ0n) is 11.1. The number of thioether (sulfide) groups is 1. The molecule has 1 rings (SSSR count). The number of alkyl halides is 3. The van der Waals surface area contributed by atoms with Gasteiger partial charge in [0.05, 0.1) is 11.1 Å². The van der Waals surface area contributed by atoms with Gasteiger partial charge >= 0.3 is 6.18 Å². The van der Waals surface area contributed by atoms with Gasteiger partial charge in [0.2, 0.25) is 0 Å². The van der Waals surface area contributed by atoms with Gasteiger partial charge in [-0.1, -0.05) is 6.92 Å². The number of benzene rings is 1. The van der Waals surface area contributed by atoms with E-state index in [4.69, 9.17) is 0 Å². The summed E-state index contributed by atoms with van der Waals surface area (Å²) in [6.45, 7) is 2.18. The Morgan fingerprint density at radius 2 is 2.05 bits per heavy atom. The van der Waals surface area contributed by atoms with E-state index in [1.165, 1.54) is 0 Å². The summed E-state index contributed by atoms with van der Waals surface area (Å²) in [5.41, 5.74) is -1.63. The molecule has 1 aromatic carbocycles. The van der Waals surface area contributed by atoms with E-state index in [9.17, 15) is 22.4 Å². The lowest BCUT2D eigenvalue weighted by atomic mass is 10.1. The molecular formula is C13H15F4NOS. The molecule has 0 bridgehead atoms. The number of carbonyl (C=O) groups is 1. The van der Waals surface area contributed by atoms with Crippen molar-refractivity contribution >= 4 is 17.7 Å². The maximum atomic E-state index is 13.4. The fraction of sp³-hybridized carbons (Fsp3) is 0.462. The Morgan fingerprint density at radius 1 is 1.40 bits per heavy atom.